The van der Waals surface area contributed by atoms with Crippen LogP contribution in [-0.2, 0) is 19.3 Å². The maximum Gasteiger partial charge on any atom is 0.0419 e. The number of rotatable bonds is 8. The molecule has 0 saturated carbocycles. The average Bonchev–Trinajstić information content (AvgIpc) is 2.98. The molecular weight excluding hydrogens is 264 g/mol. The van der Waals surface area contributed by atoms with Crippen LogP contribution in [0.1, 0.15) is 36.4 Å². The summed E-state index contributed by atoms with van der Waals surface area (Å²) in [4.78, 5) is 6.04. The smallest absolute Gasteiger partial charge is 0.0419 e. The van der Waals surface area contributed by atoms with E-state index in [-0.39, 0.29) is 0 Å². The molecule has 0 radical (unpaired) electrons. The maximum atomic E-state index is 4.59. The summed E-state index contributed by atoms with van der Waals surface area (Å²) in [5.74, 6) is 0. The number of pyridine rings is 1. The average molecular weight is 288 g/mol. The summed E-state index contributed by atoms with van der Waals surface area (Å²) in [5, 5.41) is 5.80. The van der Waals surface area contributed by atoms with Crippen LogP contribution in [0.25, 0.3) is 0 Å². The fourth-order valence-corrected chi connectivity index (χ4v) is 3.06. The Morgan fingerprint density at radius 3 is 2.70 bits per heavy atom. The number of aromatic nitrogens is 1. The van der Waals surface area contributed by atoms with E-state index in [1.165, 1.54) is 22.6 Å². The third kappa shape index (κ3) is 4.73. The summed E-state index contributed by atoms with van der Waals surface area (Å²) in [6.07, 6.45) is 6.33. The van der Waals surface area contributed by atoms with Gasteiger partial charge in [-0.25, -0.2) is 0 Å². The number of aryl methyl sites for hydroxylation is 1. The third-order valence-electron chi connectivity index (χ3n) is 3.46. The Hall–Kier alpha value is -1.19. The second-order valence-electron chi connectivity index (χ2n) is 5.15. The summed E-state index contributed by atoms with van der Waals surface area (Å²) < 4.78 is 0. The molecule has 0 bridgehead atoms. The van der Waals surface area contributed by atoms with E-state index >= 15 is 0 Å². The Labute approximate surface area is 126 Å². The maximum absolute atomic E-state index is 4.59. The SMILES string of the molecule is CCCNC(Cc1ccc(CC)cn1)Cc1cccs1. The predicted molar refractivity (Wildman–Crippen MR) is 87.4 cm³/mol. The Balaban J connectivity index is 1.98. The summed E-state index contributed by atoms with van der Waals surface area (Å²) in [5.41, 5.74) is 2.50. The van der Waals surface area contributed by atoms with Gasteiger partial charge in [0.25, 0.3) is 0 Å². The van der Waals surface area contributed by atoms with Crippen LogP contribution in [-0.4, -0.2) is 17.6 Å². The molecule has 3 heteroatoms. The van der Waals surface area contributed by atoms with Crippen molar-refractivity contribution >= 4 is 11.3 Å². The van der Waals surface area contributed by atoms with Gasteiger partial charge < -0.3 is 5.32 Å². The zero-order chi connectivity index (χ0) is 14.2. The first-order valence-corrected chi connectivity index (χ1v) is 8.39. The minimum absolute atomic E-state index is 0.480. The summed E-state index contributed by atoms with van der Waals surface area (Å²) in [6, 6.07) is 9.20. The molecule has 1 unspecified atom stereocenters. The fraction of sp³-hybridized carbons (Fsp3) is 0.471. The lowest BCUT2D eigenvalue weighted by Gasteiger charge is -2.17. The Kier molecular flexibility index (Phi) is 6.22. The molecule has 0 aromatic carbocycles. The molecule has 0 aliphatic rings. The first-order valence-electron chi connectivity index (χ1n) is 7.51. The van der Waals surface area contributed by atoms with Crippen molar-refractivity contribution in [3.05, 3.63) is 52.0 Å². The monoisotopic (exact) mass is 288 g/mol. The first kappa shape index (κ1) is 15.2. The molecule has 2 aromatic heterocycles. The third-order valence-corrected chi connectivity index (χ3v) is 4.36. The van der Waals surface area contributed by atoms with Gasteiger partial charge in [0, 0.05) is 29.2 Å². The van der Waals surface area contributed by atoms with Gasteiger partial charge in [-0.3, -0.25) is 4.98 Å². The van der Waals surface area contributed by atoms with Crippen LogP contribution in [0, 0.1) is 0 Å². The molecular formula is C17H24N2S. The molecule has 0 aliphatic carbocycles. The lowest BCUT2D eigenvalue weighted by atomic mass is 10.1. The number of thiophene rings is 1. The quantitative estimate of drug-likeness (QED) is 0.798. The van der Waals surface area contributed by atoms with Crippen molar-refractivity contribution in [3.63, 3.8) is 0 Å². The van der Waals surface area contributed by atoms with Crippen LogP contribution in [0.5, 0.6) is 0 Å². The van der Waals surface area contributed by atoms with E-state index < -0.39 is 0 Å². The van der Waals surface area contributed by atoms with Gasteiger partial charge in [0.2, 0.25) is 0 Å². The van der Waals surface area contributed by atoms with Crippen LogP contribution in [0.3, 0.4) is 0 Å². The van der Waals surface area contributed by atoms with Crippen LogP contribution in [0.15, 0.2) is 35.8 Å². The molecule has 0 aliphatic heterocycles. The zero-order valence-electron chi connectivity index (χ0n) is 12.4. The highest BCUT2D eigenvalue weighted by molar-refractivity contribution is 7.09. The number of nitrogens with one attached hydrogen (secondary N) is 1. The molecule has 2 heterocycles. The highest BCUT2D eigenvalue weighted by Crippen LogP contribution is 2.13. The van der Waals surface area contributed by atoms with Gasteiger partial charge in [0.05, 0.1) is 0 Å². The van der Waals surface area contributed by atoms with Gasteiger partial charge in [-0.05, 0) is 48.9 Å². The molecule has 0 amide bonds. The van der Waals surface area contributed by atoms with Crippen LogP contribution >= 0.6 is 11.3 Å². The van der Waals surface area contributed by atoms with Crippen LogP contribution in [0.2, 0.25) is 0 Å². The van der Waals surface area contributed by atoms with Crippen LogP contribution in [0.4, 0.5) is 0 Å². The summed E-state index contributed by atoms with van der Waals surface area (Å²) in [6.45, 7) is 5.45. The lowest BCUT2D eigenvalue weighted by molar-refractivity contribution is 0.503. The van der Waals surface area contributed by atoms with Crippen molar-refractivity contribution in [2.45, 2.75) is 45.6 Å². The molecule has 2 aromatic rings. The lowest BCUT2D eigenvalue weighted by Crippen LogP contribution is -2.33. The Morgan fingerprint density at radius 1 is 1.20 bits per heavy atom. The van der Waals surface area contributed by atoms with E-state index in [2.05, 4.69) is 53.8 Å². The van der Waals surface area contributed by atoms with Crippen molar-refractivity contribution in [1.82, 2.24) is 10.3 Å². The van der Waals surface area contributed by atoms with Gasteiger partial charge in [0.15, 0.2) is 0 Å². The minimum atomic E-state index is 0.480. The molecule has 2 nitrogen and oxygen atoms in total. The number of hydrogen-bond acceptors (Lipinski definition) is 3. The molecule has 20 heavy (non-hydrogen) atoms. The van der Waals surface area contributed by atoms with E-state index in [1.807, 2.05) is 17.5 Å². The standard InChI is InChI=1S/C17H24N2S/c1-3-9-18-16(12-17-6-5-10-20-17)11-15-8-7-14(4-2)13-19-15/h5-8,10,13,16,18H,3-4,9,11-12H2,1-2H3. The Bertz CT molecular complexity index is 476. The van der Waals surface area contributed by atoms with Gasteiger partial charge in [0.1, 0.15) is 0 Å². The highest BCUT2D eigenvalue weighted by Gasteiger charge is 2.11. The van der Waals surface area contributed by atoms with Crippen LogP contribution < -0.4 is 5.32 Å². The van der Waals surface area contributed by atoms with Crippen molar-refractivity contribution in [1.29, 1.82) is 0 Å². The largest absolute Gasteiger partial charge is 0.313 e. The van der Waals surface area contributed by atoms with Gasteiger partial charge in [-0.1, -0.05) is 26.0 Å². The molecule has 0 saturated heterocycles. The van der Waals surface area contributed by atoms with E-state index in [0.717, 1.165) is 25.8 Å². The van der Waals surface area contributed by atoms with Gasteiger partial charge in [-0.2, -0.15) is 0 Å². The van der Waals surface area contributed by atoms with Crippen molar-refractivity contribution in [3.8, 4) is 0 Å². The molecule has 108 valence electrons. The second kappa shape index (κ2) is 8.18. The fourth-order valence-electron chi connectivity index (χ4n) is 2.27. The number of hydrogen-bond donors (Lipinski definition) is 1. The highest BCUT2D eigenvalue weighted by atomic mass is 32.1. The van der Waals surface area contributed by atoms with Gasteiger partial charge >= 0.3 is 0 Å². The molecule has 1 N–H and O–H groups in total. The van der Waals surface area contributed by atoms with E-state index in [0.29, 0.717) is 6.04 Å². The summed E-state index contributed by atoms with van der Waals surface area (Å²) in [7, 11) is 0. The first-order chi connectivity index (χ1) is 9.81. The summed E-state index contributed by atoms with van der Waals surface area (Å²) >= 11 is 1.84. The van der Waals surface area contributed by atoms with E-state index in [9.17, 15) is 0 Å². The molecule has 2 rings (SSSR count). The van der Waals surface area contributed by atoms with Crippen molar-refractivity contribution < 1.29 is 0 Å². The normalized spacial score (nSPS) is 12.5. The number of nitrogens with zero attached hydrogens (tertiary/aromatic N) is 1. The van der Waals surface area contributed by atoms with Gasteiger partial charge in [-0.15, -0.1) is 11.3 Å². The van der Waals surface area contributed by atoms with Crippen molar-refractivity contribution in [2.24, 2.45) is 0 Å². The minimum Gasteiger partial charge on any atom is -0.313 e. The van der Waals surface area contributed by atoms with E-state index in [4.69, 9.17) is 0 Å². The molecule has 0 fully saturated rings. The zero-order valence-corrected chi connectivity index (χ0v) is 13.2. The predicted octanol–water partition coefficient (Wildman–Crippen LogP) is 3.86. The molecule has 1 atom stereocenters. The second-order valence-corrected chi connectivity index (χ2v) is 6.18. The van der Waals surface area contributed by atoms with Crippen molar-refractivity contribution in [2.75, 3.05) is 6.54 Å². The van der Waals surface area contributed by atoms with E-state index in [1.54, 1.807) is 0 Å². The Morgan fingerprint density at radius 2 is 2.10 bits per heavy atom. The molecule has 0 spiro atoms. The topological polar surface area (TPSA) is 24.9 Å².